The molecule has 34 heavy (non-hydrogen) atoms. The Morgan fingerprint density at radius 2 is 1.79 bits per heavy atom. The minimum atomic E-state index is -0.0221. The first kappa shape index (κ1) is 22.5. The lowest BCUT2D eigenvalue weighted by molar-refractivity contribution is -0.121. The number of halogens is 1. The van der Waals surface area contributed by atoms with Crippen LogP contribution in [-0.2, 0) is 4.79 Å². The summed E-state index contributed by atoms with van der Waals surface area (Å²) in [6, 6.07) is 26.6. The van der Waals surface area contributed by atoms with Crippen molar-refractivity contribution in [2.75, 3.05) is 11.4 Å². The number of aromatic nitrogens is 2. The first-order valence-corrected chi connectivity index (χ1v) is 12.5. The molecule has 172 valence electrons. The van der Waals surface area contributed by atoms with E-state index in [1.54, 1.807) is 0 Å². The van der Waals surface area contributed by atoms with E-state index in [4.69, 9.17) is 9.97 Å². The SMILES string of the molecule is C[C@H](NC(=O)CCN(c1nc(-c2cccc(Br)c2)nc2ccccc12)C1CC1)c1ccccc1. The highest BCUT2D eigenvalue weighted by Gasteiger charge is 2.32. The summed E-state index contributed by atoms with van der Waals surface area (Å²) in [6.07, 6.45) is 2.65. The van der Waals surface area contributed by atoms with Crippen LogP contribution in [0.3, 0.4) is 0 Å². The van der Waals surface area contributed by atoms with Crippen LogP contribution >= 0.6 is 15.9 Å². The quantitative estimate of drug-likeness (QED) is 0.300. The van der Waals surface area contributed by atoms with Crippen LogP contribution in [0.1, 0.15) is 37.8 Å². The molecule has 0 radical (unpaired) electrons. The fourth-order valence-electron chi connectivity index (χ4n) is 4.24. The highest BCUT2D eigenvalue weighted by atomic mass is 79.9. The van der Waals surface area contributed by atoms with Crippen molar-refractivity contribution in [3.8, 4) is 11.4 Å². The van der Waals surface area contributed by atoms with Gasteiger partial charge < -0.3 is 10.2 Å². The van der Waals surface area contributed by atoms with Crippen molar-refractivity contribution in [3.63, 3.8) is 0 Å². The Morgan fingerprint density at radius 3 is 2.56 bits per heavy atom. The van der Waals surface area contributed by atoms with Gasteiger partial charge in [0.25, 0.3) is 0 Å². The normalized spacial score (nSPS) is 14.1. The molecule has 5 rings (SSSR count). The number of carbonyl (C=O) groups is 1. The van der Waals surface area contributed by atoms with Gasteiger partial charge in [-0.15, -0.1) is 0 Å². The zero-order valence-corrected chi connectivity index (χ0v) is 20.7. The number of rotatable bonds is 8. The van der Waals surface area contributed by atoms with E-state index < -0.39 is 0 Å². The average molecular weight is 515 g/mol. The van der Waals surface area contributed by atoms with Crippen LogP contribution in [0, 0.1) is 0 Å². The number of nitrogens with zero attached hydrogens (tertiary/aromatic N) is 3. The number of hydrogen-bond acceptors (Lipinski definition) is 4. The monoisotopic (exact) mass is 514 g/mol. The molecule has 1 amide bonds. The van der Waals surface area contributed by atoms with Gasteiger partial charge in [-0.1, -0.05) is 70.5 Å². The van der Waals surface area contributed by atoms with E-state index in [2.05, 4.69) is 32.2 Å². The Morgan fingerprint density at radius 1 is 1.03 bits per heavy atom. The topological polar surface area (TPSA) is 58.1 Å². The van der Waals surface area contributed by atoms with Gasteiger partial charge >= 0.3 is 0 Å². The molecule has 4 aromatic rings. The van der Waals surface area contributed by atoms with Gasteiger partial charge in [-0.2, -0.15) is 0 Å². The maximum absolute atomic E-state index is 12.8. The molecule has 1 aliphatic rings. The third-order valence-corrected chi connectivity index (χ3v) is 6.68. The highest BCUT2D eigenvalue weighted by molar-refractivity contribution is 9.10. The molecule has 0 unspecified atom stereocenters. The van der Waals surface area contributed by atoms with Crippen molar-refractivity contribution in [1.82, 2.24) is 15.3 Å². The largest absolute Gasteiger partial charge is 0.352 e. The molecule has 1 aliphatic carbocycles. The molecular weight excluding hydrogens is 488 g/mol. The zero-order valence-electron chi connectivity index (χ0n) is 19.1. The molecule has 6 heteroatoms. The van der Waals surface area contributed by atoms with Crippen molar-refractivity contribution in [3.05, 3.63) is 88.9 Å². The van der Waals surface area contributed by atoms with E-state index in [9.17, 15) is 4.79 Å². The van der Waals surface area contributed by atoms with Gasteiger partial charge in [0.2, 0.25) is 5.91 Å². The van der Waals surface area contributed by atoms with Gasteiger partial charge in [0, 0.05) is 34.4 Å². The molecule has 0 saturated heterocycles. The molecule has 0 bridgehead atoms. The lowest BCUT2D eigenvalue weighted by Crippen LogP contribution is -2.34. The number of amides is 1. The predicted molar refractivity (Wildman–Crippen MR) is 141 cm³/mol. The number of para-hydroxylation sites is 1. The van der Waals surface area contributed by atoms with Crippen LogP contribution in [0.4, 0.5) is 5.82 Å². The predicted octanol–water partition coefficient (Wildman–Crippen LogP) is 6.30. The fourth-order valence-corrected chi connectivity index (χ4v) is 4.64. The van der Waals surface area contributed by atoms with Crippen molar-refractivity contribution in [2.24, 2.45) is 0 Å². The van der Waals surface area contributed by atoms with Crippen LogP contribution in [0.2, 0.25) is 0 Å². The maximum Gasteiger partial charge on any atom is 0.222 e. The number of fused-ring (bicyclic) bond motifs is 1. The molecule has 1 N–H and O–H groups in total. The molecule has 5 nitrogen and oxygen atoms in total. The Bertz CT molecular complexity index is 1310. The third-order valence-electron chi connectivity index (χ3n) is 6.18. The molecular formula is C28H27BrN4O. The molecule has 1 fully saturated rings. The molecule has 1 saturated carbocycles. The maximum atomic E-state index is 12.8. The van der Waals surface area contributed by atoms with Gasteiger partial charge in [-0.25, -0.2) is 9.97 Å². The second-order valence-electron chi connectivity index (χ2n) is 8.77. The Labute approximate surface area is 208 Å². The molecule has 0 spiro atoms. The van der Waals surface area contributed by atoms with Gasteiger partial charge in [-0.05, 0) is 49.6 Å². The number of benzene rings is 3. The summed E-state index contributed by atoms with van der Waals surface area (Å²) in [5, 5.41) is 4.16. The number of carbonyl (C=O) groups excluding carboxylic acids is 1. The van der Waals surface area contributed by atoms with Crippen LogP contribution in [-0.4, -0.2) is 28.5 Å². The van der Waals surface area contributed by atoms with Gasteiger partial charge in [0.15, 0.2) is 5.82 Å². The summed E-state index contributed by atoms with van der Waals surface area (Å²) < 4.78 is 0.992. The van der Waals surface area contributed by atoms with Crippen LogP contribution in [0.15, 0.2) is 83.3 Å². The number of nitrogens with one attached hydrogen (secondary N) is 1. The Balaban J connectivity index is 1.40. The van der Waals surface area contributed by atoms with Gasteiger partial charge in [0.05, 0.1) is 11.6 Å². The van der Waals surface area contributed by atoms with E-state index in [1.165, 1.54) is 0 Å². The average Bonchev–Trinajstić information content (AvgIpc) is 3.70. The van der Waals surface area contributed by atoms with E-state index in [0.717, 1.165) is 45.2 Å². The number of anilines is 1. The summed E-state index contributed by atoms with van der Waals surface area (Å²) in [5.74, 6) is 1.65. The summed E-state index contributed by atoms with van der Waals surface area (Å²) in [5.41, 5.74) is 2.98. The van der Waals surface area contributed by atoms with Gasteiger partial charge in [0.1, 0.15) is 5.82 Å². The molecule has 1 heterocycles. The van der Waals surface area contributed by atoms with Crippen LogP contribution in [0.25, 0.3) is 22.3 Å². The second kappa shape index (κ2) is 9.94. The van der Waals surface area contributed by atoms with E-state index in [-0.39, 0.29) is 11.9 Å². The summed E-state index contributed by atoms with van der Waals surface area (Å²) >= 11 is 3.56. The van der Waals surface area contributed by atoms with Crippen LogP contribution < -0.4 is 10.2 Å². The van der Waals surface area contributed by atoms with Crippen molar-refractivity contribution in [1.29, 1.82) is 0 Å². The van der Waals surface area contributed by atoms with Gasteiger partial charge in [-0.3, -0.25) is 4.79 Å². The van der Waals surface area contributed by atoms with Crippen LogP contribution in [0.5, 0.6) is 0 Å². The summed E-state index contributed by atoms with van der Waals surface area (Å²) in [7, 11) is 0. The minimum absolute atomic E-state index is 0.0221. The number of hydrogen-bond donors (Lipinski definition) is 1. The summed E-state index contributed by atoms with van der Waals surface area (Å²) in [6.45, 7) is 2.64. The Kier molecular flexibility index (Phi) is 6.59. The standard InChI is InChI=1S/C28H27BrN4O/c1-19(20-8-3-2-4-9-20)30-26(34)16-17-33(23-14-15-23)28-24-12-5-6-13-25(24)31-27(32-28)21-10-7-11-22(29)18-21/h2-13,18-19,23H,14-17H2,1H3,(H,30,34)/t19-/m0/s1. The molecule has 3 aromatic carbocycles. The third kappa shape index (κ3) is 5.12. The first-order chi connectivity index (χ1) is 16.6. The lowest BCUT2D eigenvalue weighted by atomic mass is 10.1. The highest BCUT2D eigenvalue weighted by Crippen LogP contribution is 2.36. The lowest BCUT2D eigenvalue weighted by Gasteiger charge is -2.25. The fraction of sp³-hybridized carbons (Fsp3) is 0.250. The smallest absolute Gasteiger partial charge is 0.222 e. The van der Waals surface area contributed by atoms with E-state index in [1.807, 2.05) is 79.7 Å². The van der Waals surface area contributed by atoms with Crippen molar-refractivity contribution >= 4 is 38.6 Å². The molecule has 0 aliphatic heterocycles. The van der Waals surface area contributed by atoms with Crippen molar-refractivity contribution in [2.45, 2.75) is 38.3 Å². The van der Waals surface area contributed by atoms with E-state index in [0.29, 0.717) is 24.8 Å². The molecule has 1 aromatic heterocycles. The summed E-state index contributed by atoms with van der Waals surface area (Å²) in [4.78, 5) is 25.0. The van der Waals surface area contributed by atoms with E-state index >= 15 is 0 Å². The Hall–Kier alpha value is -3.25. The second-order valence-corrected chi connectivity index (χ2v) is 9.69. The first-order valence-electron chi connectivity index (χ1n) is 11.7. The zero-order chi connectivity index (χ0) is 23.5. The molecule has 1 atom stereocenters. The minimum Gasteiger partial charge on any atom is -0.352 e. The van der Waals surface area contributed by atoms with Crippen molar-refractivity contribution < 1.29 is 4.79 Å².